The van der Waals surface area contributed by atoms with E-state index in [1.54, 1.807) is 7.11 Å². The molecule has 16 heavy (non-hydrogen) atoms. The minimum Gasteiger partial charge on any atom is -0.497 e. The van der Waals surface area contributed by atoms with Gasteiger partial charge in [-0.3, -0.25) is 0 Å². The lowest BCUT2D eigenvalue weighted by Crippen LogP contribution is -2.29. The van der Waals surface area contributed by atoms with Crippen LogP contribution >= 0.6 is 9.24 Å². The molecule has 0 heterocycles. The fourth-order valence-corrected chi connectivity index (χ4v) is 2.98. The summed E-state index contributed by atoms with van der Waals surface area (Å²) in [5.74, 6) is 0.972. The van der Waals surface area contributed by atoms with Crippen LogP contribution in [0.1, 0.15) is 19.4 Å². The fraction of sp³-hybridized carbons (Fsp3) is 0.455. The largest absolute Gasteiger partial charge is 0.497 e. The zero-order chi connectivity index (χ0) is 12.3. The monoisotopic (exact) mass is 260 g/mol. The van der Waals surface area contributed by atoms with E-state index in [1.165, 1.54) is 0 Å². The van der Waals surface area contributed by atoms with Crippen LogP contribution in [-0.4, -0.2) is 21.6 Å². The molecule has 0 aliphatic carbocycles. The summed E-state index contributed by atoms with van der Waals surface area (Å²) in [6.45, 7) is 3.90. The molecule has 0 fully saturated rings. The molecule has 0 spiro atoms. The molecule has 2 unspecified atom stereocenters. The zero-order valence-electron chi connectivity index (χ0n) is 9.69. The van der Waals surface area contributed by atoms with Crippen molar-refractivity contribution in [3.63, 3.8) is 0 Å². The van der Waals surface area contributed by atoms with Crippen LogP contribution in [0.4, 0.5) is 0 Å². The molecular weight excluding hydrogens is 243 g/mol. The quantitative estimate of drug-likeness (QED) is 0.662. The van der Waals surface area contributed by atoms with Crippen LogP contribution in [0.2, 0.25) is 0 Å². The van der Waals surface area contributed by atoms with Gasteiger partial charge in [-0.1, -0.05) is 19.9 Å². The van der Waals surface area contributed by atoms with Crippen molar-refractivity contribution in [3.05, 3.63) is 23.8 Å². The van der Waals surface area contributed by atoms with Crippen LogP contribution < -0.4 is 10.0 Å². The third-order valence-electron chi connectivity index (χ3n) is 2.47. The van der Waals surface area contributed by atoms with Crippen molar-refractivity contribution in [1.82, 2.24) is 0 Å². The van der Waals surface area contributed by atoms with E-state index in [2.05, 4.69) is 9.24 Å². The lowest BCUT2D eigenvalue weighted by Gasteiger charge is -2.25. The van der Waals surface area contributed by atoms with E-state index in [-0.39, 0.29) is 11.2 Å². The van der Waals surface area contributed by atoms with Gasteiger partial charge in [-0.2, -0.15) is 0 Å². The molecule has 0 amide bonds. The fourth-order valence-electron chi connectivity index (χ4n) is 1.63. The summed E-state index contributed by atoms with van der Waals surface area (Å²) in [6.07, 6.45) is 0. The summed E-state index contributed by atoms with van der Waals surface area (Å²) < 4.78 is 25.1. The lowest BCUT2D eigenvalue weighted by molar-refractivity contribution is 0.413. The Labute approximate surface area is 101 Å². The highest BCUT2D eigenvalue weighted by Gasteiger charge is 2.25. The smallest absolute Gasteiger partial charge is 0.153 e. The maximum Gasteiger partial charge on any atom is 0.153 e. The van der Waals surface area contributed by atoms with Crippen molar-refractivity contribution in [2.45, 2.75) is 19.3 Å². The summed E-state index contributed by atoms with van der Waals surface area (Å²) in [5.41, 5.74) is 0.657. The first-order chi connectivity index (χ1) is 7.36. The maximum absolute atomic E-state index is 10.9. The van der Waals surface area contributed by atoms with Gasteiger partial charge in [0, 0.05) is 5.41 Å². The summed E-state index contributed by atoms with van der Waals surface area (Å²) in [7, 11) is 4.25. The number of ether oxygens (including phenoxy) is 1. The molecule has 0 saturated carbocycles. The van der Waals surface area contributed by atoms with Gasteiger partial charge in [-0.05, 0) is 23.0 Å². The van der Waals surface area contributed by atoms with E-state index in [0.717, 1.165) is 16.6 Å². The number of rotatable bonds is 4. The molecule has 0 aromatic heterocycles. The first-order valence-electron chi connectivity index (χ1n) is 4.88. The molecule has 1 aromatic carbocycles. The molecule has 3 nitrogen and oxygen atoms in total. The van der Waals surface area contributed by atoms with Gasteiger partial charge < -0.3 is 9.29 Å². The van der Waals surface area contributed by atoms with Crippen LogP contribution in [-0.2, 0) is 16.5 Å². The molecule has 2 atom stereocenters. The van der Waals surface area contributed by atoms with Gasteiger partial charge in [-0.25, -0.2) is 4.21 Å². The van der Waals surface area contributed by atoms with E-state index in [9.17, 15) is 4.21 Å². The Hall–Kier alpha value is -0.440. The number of hydrogen-bond acceptors (Lipinski definition) is 2. The van der Waals surface area contributed by atoms with Crippen LogP contribution in [0.5, 0.6) is 5.75 Å². The molecule has 1 N–H and O–H groups in total. The van der Waals surface area contributed by atoms with Crippen molar-refractivity contribution in [2.75, 3.05) is 12.9 Å². The second-order valence-electron chi connectivity index (χ2n) is 4.30. The molecule has 90 valence electrons. The van der Waals surface area contributed by atoms with Crippen molar-refractivity contribution >= 4 is 25.6 Å². The summed E-state index contributed by atoms with van der Waals surface area (Å²) in [5, 5.41) is 1.02. The molecule has 0 aliphatic heterocycles. The minimum absolute atomic E-state index is 0.210. The highest BCUT2D eigenvalue weighted by molar-refractivity contribution is 7.79. The van der Waals surface area contributed by atoms with E-state index in [1.807, 2.05) is 32.0 Å². The van der Waals surface area contributed by atoms with Crippen LogP contribution in [0, 0.1) is 0 Å². The molecule has 0 bridgehead atoms. The molecule has 1 rings (SSSR count). The summed E-state index contributed by atoms with van der Waals surface area (Å²) in [6, 6.07) is 5.72. The molecule has 0 aliphatic rings. The average Bonchev–Trinajstić information content (AvgIpc) is 2.16. The van der Waals surface area contributed by atoms with Gasteiger partial charge in [-0.15, -0.1) is 9.24 Å². The van der Waals surface area contributed by atoms with E-state index in [4.69, 9.17) is 9.29 Å². The number of methoxy groups -OCH3 is 1. The third-order valence-corrected chi connectivity index (χ3v) is 3.95. The molecule has 0 radical (unpaired) electrons. The second kappa shape index (κ2) is 5.26. The first-order valence-corrected chi connectivity index (χ1v) is 6.73. The van der Waals surface area contributed by atoms with Gasteiger partial charge in [0.05, 0.1) is 12.9 Å². The van der Waals surface area contributed by atoms with Gasteiger partial charge in [0.1, 0.15) is 5.75 Å². The van der Waals surface area contributed by atoms with Crippen LogP contribution in [0.25, 0.3) is 0 Å². The van der Waals surface area contributed by atoms with Crippen molar-refractivity contribution < 1.29 is 13.5 Å². The Bertz CT molecular complexity index is 404. The highest BCUT2D eigenvalue weighted by atomic mass is 32.2. The normalized spacial score (nSPS) is 13.6. The van der Waals surface area contributed by atoms with Gasteiger partial charge in [0.25, 0.3) is 0 Å². The van der Waals surface area contributed by atoms with E-state index in [0.29, 0.717) is 0 Å². The molecule has 1 aromatic rings. The minimum atomic E-state index is -1.80. The molecular formula is C11H17O3PS. The first kappa shape index (κ1) is 13.6. The van der Waals surface area contributed by atoms with Crippen LogP contribution in [0.3, 0.4) is 0 Å². The number of hydrogen-bond donors (Lipinski definition) is 1. The summed E-state index contributed by atoms with van der Waals surface area (Å²) in [4.78, 5) is 0. The third kappa shape index (κ3) is 3.27. The van der Waals surface area contributed by atoms with Crippen LogP contribution in [0.15, 0.2) is 18.2 Å². The Kier molecular flexibility index (Phi) is 4.48. The predicted molar refractivity (Wildman–Crippen MR) is 71.0 cm³/mol. The molecule has 5 heteroatoms. The highest BCUT2D eigenvalue weighted by Crippen LogP contribution is 2.27. The van der Waals surface area contributed by atoms with Crippen molar-refractivity contribution in [3.8, 4) is 5.75 Å². The van der Waals surface area contributed by atoms with Crippen molar-refractivity contribution in [2.24, 2.45) is 0 Å². The second-order valence-corrected chi connectivity index (χ2v) is 5.86. The SMILES string of the molecule is COc1ccc(P)c(C(C)(C)CS(=O)O)c1. The predicted octanol–water partition coefficient (Wildman–Crippen LogP) is 1.69. The summed E-state index contributed by atoms with van der Waals surface area (Å²) >= 11 is -1.80. The topological polar surface area (TPSA) is 46.5 Å². The van der Waals surface area contributed by atoms with Gasteiger partial charge >= 0.3 is 0 Å². The van der Waals surface area contributed by atoms with Gasteiger partial charge in [0.15, 0.2) is 11.1 Å². The Morgan fingerprint density at radius 1 is 1.50 bits per heavy atom. The zero-order valence-corrected chi connectivity index (χ0v) is 11.7. The molecule has 0 saturated heterocycles. The van der Waals surface area contributed by atoms with Crippen molar-refractivity contribution in [1.29, 1.82) is 0 Å². The number of benzene rings is 1. The Morgan fingerprint density at radius 2 is 2.12 bits per heavy atom. The van der Waals surface area contributed by atoms with E-state index >= 15 is 0 Å². The standard InChI is InChI=1S/C11H17O3PS/c1-11(2,7-16(12)13)9-6-8(14-3)4-5-10(9)15/h4-6H,7,15H2,1-3H3,(H,12,13). The van der Waals surface area contributed by atoms with E-state index < -0.39 is 11.1 Å². The Morgan fingerprint density at radius 3 is 2.62 bits per heavy atom. The maximum atomic E-state index is 10.9. The lowest BCUT2D eigenvalue weighted by atomic mass is 9.86. The average molecular weight is 260 g/mol. The Balaban J connectivity index is 3.14. The van der Waals surface area contributed by atoms with Gasteiger partial charge in [0.2, 0.25) is 0 Å².